The van der Waals surface area contributed by atoms with Crippen molar-refractivity contribution in [2.24, 2.45) is 0 Å². The highest BCUT2D eigenvalue weighted by molar-refractivity contribution is 7.16. The van der Waals surface area contributed by atoms with Crippen LogP contribution in [-0.4, -0.2) is 10.9 Å². The first-order valence-corrected chi connectivity index (χ1v) is 7.84. The van der Waals surface area contributed by atoms with Crippen LogP contribution in [0, 0.1) is 11.3 Å². The fourth-order valence-electron chi connectivity index (χ4n) is 2.37. The van der Waals surface area contributed by atoms with Crippen molar-refractivity contribution >= 4 is 45.4 Å². The van der Waals surface area contributed by atoms with Crippen molar-refractivity contribution in [3.8, 4) is 6.07 Å². The second-order valence-corrected chi connectivity index (χ2v) is 6.51. The Kier molecular flexibility index (Phi) is 3.85. The maximum atomic E-state index is 12.3. The molecule has 0 atom stereocenters. The fraction of sp³-hybridized carbons (Fsp3) is 0.214. The summed E-state index contributed by atoms with van der Waals surface area (Å²) in [7, 11) is 0. The molecule has 1 aliphatic carbocycles. The Labute approximate surface area is 135 Å². The molecule has 0 unspecified atom stereocenters. The highest BCUT2D eigenvalue weighted by Crippen LogP contribution is 2.38. The minimum atomic E-state index is -0.388. The monoisotopic (exact) mass is 337 g/mol. The van der Waals surface area contributed by atoms with E-state index >= 15 is 0 Å². The predicted molar refractivity (Wildman–Crippen MR) is 83.3 cm³/mol. The van der Waals surface area contributed by atoms with Crippen molar-refractivity contribution in [3.05, 3.63) is 44.0 Å². The molecular weight excluding hydrogens is 329 g/mol. The number of rotatable bonds is 2. The number of thiophene rings is 1. The molecule has 4 nitrogen and oxygen atoms in total. The topological polar surface area (TPSA) is 65.8 Å². The molecule has 1 aliphatic rings. The van der Waals surface area contributed by atoms with Crippen molar-refractivity contribution in [3.63, 3.8) is 0 Å². The highest BCUT2D eigenvalue weighted by atomic mass is 35.5. The molecule has 2 aromatic rings. The Morgan fingerprint density at radius 3 is 3.00 bits per heavy atom. The number of nitriles is 1. The molecule has 3 rings (SSSR count). The number of anilines is 1. The van der Waals surface area contributed by atoms with Gasteiger partial charge < -0.3 is 5.32 Å². The normalized spacial score (nSPS) is 12.8. The Balaban J connectivity index is 1.92. The lowest BCUT2D eigenvalue weighted by Crippen LogP contribution is -2.12. The number of aryl methyl sites for hydroxylation is 1. The largest absolute Gasteiger partial charge is 0.312 e. The van der Waals surface area contributed by atoms with Gasteiger partial charge in [-0.05, 0) is 30.9 Å². The van der Waals surface area contributed by atoms with Gasteiger partial charge >= 0.3 is 0 Å². The lowest BCUT2D eigenvalue weighted by atomic mass is 10.1. The quantitative estimate of drug-likeness (QED) is 0.840. The lowest BCUT2D eigenvalue weighted by Gasteiger charge is -2.06. The smallest absolute Gasteiger partial charge is 0.257 e. The van der Waals surface area contributed by atoms with Crippen molar-refractivity contribution in [2.45, 2.75) is 19.3 Å². The van der Waals surface area contributed by atoms with Crippen LogP contribution in [0.15, 0.2) is 12.3 Å². The number of hydrogen-bond acceptors (Lipinski definition) is 4. The summed E-state index contributed by atoms with van der Waals surface area (Å²) in [6.07, 6.45) is 4.26. The molecule has 7 heteroatoms. The van der Waals surface area contributed by atoms with Crippen LogP contribution in [0.3, 0.4) is 0 Å². The van der Waals surface area contributed by atoms with E-state index in [1.807, 2.05) is 0 Å². The van der Waals surface area contributed by atoms with E-state index in [4.69, 9.17) is 23.2 Å². The van der Waals surface area contributed by atoms with Crippen LogP contribution in [0.5, 0.6) is 0 Å². The van der Waals surface area contributed by atoms with Crippen LogP contribution in [0.25, 0.3) is 0 Å². The molecule has 0 spiro atoms. The van der Waals surface area contributed by atoms with Gasteiger partial charge in [0.15, 0.2) is 0 Å². The summed E-state index contributed by atoms with van der Waals surface area (Å²) in [5.74, 6) is -0.388. The van der Waals surface area contributed by atoms with Crippen LogP contribution in [0.4, 0.5) is 5.00 Å². The van der Waals surface area contributed by atoms with E-state index in [9.17, 15) is 10.1 Å². The van der Waals surface area contributed by atoms with Gasteiger partial charge in [-0.1, -0.05) is 23.2 Å². The van der Waals surface area contributed by atoms with E-state index in [1.165, 1.54) is 28.5 Å². The van der Waals surface area contributed by atoms with E-state index in [1.54, 1.807) is 0 Å². The molecule has 2 aromatic heterocycles. The summed E-state index contributed by atoms with van der Waals surface area (Å²) < 4.78 is 0. The summed E-state index contributed by atoms with van der Waals surface area (Å²) in [4.78, 5) is 17.3. The molecule has 1 N–H and O–H groups in total. The first-order valence-electron chi connectivity index (χ1n) is 6.27. The molecule has 0 aliphatic heterocycles. The first kappa shape index (κ1) is 14.3. The van der Waals surface area contributed by atoms with Gasteiger partial charge in [0.1, 0.15) is 16.2 Å². The second-order valence-electron chi connectivity index (χ2n) is 4.61. The van der Waals surface area contributed by atoms with Gasteiger partial charge in [-0.15, -0.1) is 11.3 Å². The maximum absolute atomic E-state index is 12.3. The number of amides is 1. The summed E-state index contributed by atoms with van der Waals surface area (Å²) in [6, 6.07) is 3.59. The van der Waals surface area contributed by atoms with E-state index in [0.717, 1.165) is 24.8 Å². The first-order chi connectivity index (χ1) is 10.1. The number of nitrogens with zero attached hydrogens (tertiary/aromatic N) is 2. The van der Waals surface area contributed by atoms with Crippen LogP contribution in [0.1, 0.15) is 32.8 Å². The number of nitrogens with one attached hydrogen (secondary N) is 1. The number of carbonyl (C=O) groups is 1. The van der Waals surface area contributed by atoms with E-state index in [-0.39, 0.29) is 21.6 Å². The van der Waals surface area contributed by atoms with E-state index in [0.29, 0.717) is 10.6 Å². The fourth-order valence-corrected chi connectivity index (χ4v) is 3.95. The van der Waals surface area contributed by atoms with E-state index < -0.39 is 0 Å². The molecule has 0 fully saturated rings. The second kappa shape index (κ2) is 5.64. The van der Waals surface area contributed by atoms with Crippen molar-refractivity contribution < 1.29 is 4.79 Å². The molecule has 2 heterocycles. The van der Waals surface area contributed by atoms with Crippen molar-refractivity contribution in [2.75, 3.05) is 5.32 Å². The highest BCUT2D eigenvalue weighted by Gasteiger charge is 2.23. The SMILES string of the molecule is N#Cc1c(NC(=O)c2cc(Cl)ncc2Cl)sc2c1CCC2. The number of hydrogen-bond donors (Lipinski definition) is 1. The molecular formula is C14H9Cl2N3OS. The summed E-state index contributed by atoms with van der Waals surface area (Å²) >= 11 is 13.2. The molecule has 0 saturated carbocycles. The van der Waals surface area contributed by atoms with Gasteiger partial charge in [-0.3, -0.25) is 4.79 Å². The number of carbonyl (C=O) groups excluding carboxylic acids is 1. The lowest BCUT2D eigenvalue weighted by molar-refractivity contribution is 0.102. The number of halogens is 2. The Hall–Kier alpha value is -1.61. The number of pyridine rings is 1. The molecule has 1 amide bonds. The maximum Gasteiger partial charge on any atom is 0.257 e. The van der Waals surface area contributed by atoms with E-state index in [2.05, 4.69) is 16.4 Å². The summed E-state index contributed by atoms with van der Waals surface area (Å²) in [6.45, 7) is 0. The molecule has 21 heavy (non-hydrogen) atoms. The molecule has 0 bridgehead atoms. The predicted octanol–water partition coefficient (Wildman–Crippen LogP) is 4.06. The zero-order chi connectivity index (χ0) is 15.0. The van der Waals surface area contributed by atoms with Gasteiger partial charge in [0.25, 0.3) is 5.91 Å². The van der Waals surface area contributed by atoms with Gasteiger partial charge in [0.05, 0.1) is 16.1 Å². The van der Waals surface area contributed by atoms with Crippen LogP contribution < -0.4 is 5.32 Å². The third-order valence-corrected chi connectivity index (χ3v) is 5.04. The molecule has 0 aromatic carbocycles. The minimum absolute atomic E-state index is 0.193. The third kappa shape index (κ3) is 2.62. The van der Waals surface area contributed by atoms with Crippen LogP contribution in [-0.2, 0) is 12.8 Å². The van der Waals surface area contributed by atoms with Crippen LogP contribution >= 0.6 is 34.5 Å². The third-order valence-electron chi connectivity index (χ3n) is 3.33. The van der Waals surface area contributed by atoms with Crippen LogP contribution in [0.2, 0.25) is 10.2 Å². The van der Waals surface area contributed by atoms with Gasteiger partial charge in [-0.2, -0.15) is 5.26 Å². The molecule has 0 saturated heterocycles. The average molecular weight is 338 g/mol. The summed E-state index contributed by atoms with van der Waals surface area (Å²) in [5.41, 5.74) is 1.88. The Morgan fingerprint density at radius 2 is 2.24 bits per heavy atom. The van der Waals surface area contributed by atoms with Gasteiger partial charge in [0, 0.05) is 11.1 Å². The standard InChI is InChI=1S/C14H9Cl2N3OS/c15-10-6-18-12(16)4-8(10)13(20)19-14-9(5-17)7-2-1-3-11(7)21-14/h4,6H,1-3H2,(H,19,20). The average Bonchev–Trinajstić information content (AvgIpc) is 3.01. The summed E-state index contributed by atoms with van der Waals surface area (Å²) in [5, 5.41) is 13.1. The molecule has 0 radical (unpaired) electrons. The van der Waals surface area contributed by atoms with Gasteiger partial charge in [0.2, 0.25) is 0 Å². The zero-order valence-corrected chi connectivity index (χ0v) is 13.1. The van der Waals surface area contributed by atoms with Crippen molar-refractivity contribution in [1.82, 2.24) is 4.98 Å². The number of aromatic nitrogens is 1. The minimum Gasteiger partial charge on any atom is -0.312 e. The van der Waals surface area contributed by atoms with Crippen molar-refractivity contribution in [1.29, 1.82) is 5.26 Å². The molecule has 106 valence electrons. The Morgan fingerprint density at radius 1 is 1.43 bits per heavy atom. The van der Waals surface area contributed by atoms with Gasteiger partial charge in [-0.25, -0.2) is 4.98 Å². The number of fused-ring (bicyclic) bond motifs is 1. The zero-order valence-electron chi connectivity index (χ0n) is 10.7. The Bertz CT molecular complexity index is 779.